The van der Waals surface area contributed by atoms with Gasteiger partial charge in [-0.05, 0) is 35.4 Å². The van der Waals surface area contributed by atoms with Gasteiger partial charge in [-0.15, -0.1) is 0 Å². The van der Waals surface area contributed by atoms with E-state index in [2.05, 4.69) is 4.98 Å². The van der Waals surface area contributed by atoms with Crippen molar-refractivity contribution >= 4 is 0 Å². The number of aliphatic hydroxyl groups is 1. The lowest BCUT2D eigenvalue weighted by atomic mass is 10.0. The molecular weight excluding hydrogens is 236 g/mol. The van der Waals surface area contributed by atoms with Crippen LogP contribution in [0.1, 0.15) is 11.1 Å². The minimum absolute atomic E-state index is 0.0818. The van der Waals surface area contributed by atoms with Crippen LogP contribution in [0.2, 0.25) is 0 Å². The molecule has 0 amide bonds. The van der Waals surface area contributed by atoms with Gasteiger partial charge in [-0.2, -0.15) is 0 Å². The molecule has 1 N–H and O–H groups in total. The van der Waals surface area contributed by atoms with Crippen LogP contribution >= 0.6 is 0 Å². The quantitative estimate of drug-likeness (QED) is 0.903. The van der Waals surface area contributed by atoms with Crippen LogP contribution in [-0.2, 0) is 12.8 Å². The molecule has 0 bridgehead atoms. The van der Waals surface area contributed by atoms with Gasteiger partial charge in [0.15, 0.2) is 0 Å². The molecule has 0 saturated carbocycles. The van der Waals surface area contributed by atoms with Crippen molar-refractivity contribution in [2.45, 2.75) is 18.9 Å². The van der Waals surface area contributed by atoms with Crippen molar-refractivity contribution in [2.24, 2.45) is 0 Å². The molecule has 1 unspecified atom stereocenters. The van der Waals surface area contributed by atoms with Gasteiger partial charge in [0.05, 0.1) is 6.10 Å². The molecule has 94 valence electrons. The van der Waals surface area contributed by atoms with Crippen LogP contribution < -0.4 is 0 Å². The van der Waals surface area contributed by atoms with Gasteiger partial charge in [0.1, 0.15) is 11.6 Å². The zero-order chi connectivity index (χ0) is 13.0. The van der Waals surface area contributed by atoms with E-state index in [1.165, 1.54) is 0 Å². The average Bonchev–Trinajstić information content (AvgIpc) is 2.35. The van der Waals surface area contributed by atoms with Gasteiger partial charge in [0, 0.05) is 25.2 Å². The van der Waals surface area contributed by atoms with Crippen molar-refractivity contribution in [3.05, 3.63) is 65.5 Å². The molecule has 1 aromatic heterocycles. The van der Waals surface area contributed by atoms with Crippen molar-refractivity contribution in [1.29, 1.82) is 0 Å². The first-order chi connectivity index (χ1) is 8.65. The number of hydrogen-bond acceptors (Lipinski definition) is 2. The van der Waals surface area contributed by atoms with Gasteiger partial charge < -0.3 is 5.11 Å². The van der Waals surface area contributed by atoms with Crippen molar-refractivity contribution < 1.29 is 13.9 Å². The molecule has 2 aromatic rings. The van der Waals surface area contributed by atoms with E-state index in [-0.39, 0.29) is 12.0 Å². The number of aromatic nitrogens is 1. The second-order valence-electron chi connectivity index (χ2n) is 4.16. The topological polar surface area (TPSA) is 33.1 Å². The van der Waals surface area contributed by atoms with Crippen LogP contribution in [0.3, 0.4) is 0 Å². The molecule has 0 radical (unpaired) electrons. The first kappa shape index (κ1) is 12.6. The summed E-state index contributed by atoms with van der Waals surface area (Å²) < 4.78 is 26.3. The maximum Gasteiger partial charge on any atom is 0.126 e. The van der Waals surface area contributed by atoms with E-state index < -0.39 is 17.7 Å². The molecule has 18 heavy (non-hydrogen) atoms. The van der Waals surface area contributed by atoms with Gasteiger partial charge in [0.2, 0.25) is 0 Å². The summed E-state index contributed by atoms with van der Waals surface area (Å²) in [4.78, 5) is 3.93. The number of pyridine rings is 1. The van der Waals surface area contributed by atoms with Crippen molar-refractivity contribution in [1.82, 2.24) is 4.98 Å². The van der Waals surface area contributed by atoms with Gasteiger partial charge in [-0.25, -0.2) is 8.78 Å². The summed E-state index contributed by atoms with van der Waals surface area (Å²) in [6.07, 6.45) is 2.97. The van der Waals surface area contributed by atoms with Gasteiger partial charge in [0.25, 0.3) is 0 Å². The fourth-order valence-corrected chi connectivity index (χ4v) is 1.82. The molecule has 0 aliphatic heterocycles. The molecule has 0 fully saturated rings. The summed E-state index contributed by atoms with van der Waals surface area (Å²) in [5.74, 6) is -0.999. The number of aliphatic hydroxyl groups excluding tert-OH is 1. The van der Waals surface area contributed by atoms with Crippen LogP contribution in [0, 0.1) is 11.6 Å². The molecule has 1 atom stereocenters. The largest absolute Gasteiger partial charge is 0.392 e. The highest BCUT2D eigenvalue weighted by Crippen LogP contribution is 2.13. The minimum Gasteiger partial charge on any atom is -0.392 e. The van der Waals surface area contributed by atoms with Gasteiger partial charge in [-0.3, -0.25) is 4.98 Å². The summed E-state index contributed by atoms with van der Waals surface area (Å²) in [5, 5.41) is 9.85. The molecule has 1 heterocycles. The summed E-state index contributed by atoms with van der Waals surface area (Å²) in [5.41, 5.74) is 1.05. The van der Waals surface area contributed by atoms with Crippen LogP contribution in [0.15, 0.2) is 42.7 Å². The number of hydrogen-bond donors (Lipinski definition) is 1. The van der Waals surface area contributed by atoms with E-state index >= 15 is 0 Å². The Balaban J connectivity index is 2.03. The molecule has 0 spiro atoms. The van der Waals surface area contributed by atoms with E-state index in [1.54, 1.807) is 18.5 Å². The van der Waals surface area contributed by atoms with Crippen LogP contribution in [-0.4, -0.2) is 16.2 Å². The second-order valence-corrected chi connectivity index (χ2v) is 4.16. The molecule has 2 nitrogen and oxygen atoms in total. The Labute approximate surface area is 104 Å². The van der Waals surface area contributed by atoms with Crippen molar-refractivity contribution in [3.8, 4) is 0 Å². The predicted octanol–water partition coefficient (Wildman–Crippen LogP) is 2.51. The fourth-order valence-electron chi connectivity index (χ4n) is 1.82. The Bertz CT molecular complexity index is 516. The first-order valence-electron chi connectivity index (χ1n) is 5.66. The van der Waals surface area contributed by atoms with E-state index in [1.807, 2.05) is 6.07 Å². The van der Waals surface area contributed by atoms with E-state index in [0.717, 1.165) is 23.8 Å². The molecule has 0 aliphatic carbocycles. The highest BCUT2D eigenvalue weighted by molar-refractivity contribution is 5.20. The summed E-state index contributed by atoms with van der Waals surface area (Å²) in [6.45, 7) is 0. The Morgan fingerprint density at radius 1 is 1.17 bits per heavy atom. The summed E-state index contributed by atoms with van der Waals surface area (Å²) >= 11 is 0. The third-order valence-electron chi connectivity index (χ3n) is 2.66. The number of benzene rings is 1. The second kappa shape index (κ2) is 5.69. The monoisotopic (exact) mass is 249 g/mol. The van der Waals surface area contributed by atoms with Crippen LogP contribution in [0.25, 0.3) is 0 Å². The summed E-state index contributed by atoms with van der Waals surface area (Å²) in [7, 11) is 0. The number of nitrogens with zero attached hydrogens (tertiary/aromatic N) is 1. The third kappa shape index (κ3) is 3.34. The number of halogens is 2. The smallest absolute Gasteiger partial charge is 0.126 e. The van der Waals surface area contributed by atoms with E-state index in [4.69, 9.17) is 0 Å². The SMILES string of the molecule is OC(Cc1cccnc1)Cc1cc(F)ccc1F. The maximum atomic E-state index is 13.4. The first-order valence-corrected chi connectivity index (χ1v) is 5.66. The maximum absolute atomic E-state index is 13.4. The van der Waals surface area contributed by atoms with Crippen LogP contribution in [0.5, 0.6) is 0 Å². The number of rotatable bonds is 4. The standard InChI is InChI=1S/C14H13F2NO/c15-12-3-4-14(16)11(7-12)8-13(18)6-10-2-1-5-17-9-10/h1-5,7,9,13,18H,6,8H2. The lowest BCUT2D eigenvalue weighted by Crippen LogP contribution is -2.15. The Hall–Kier alpha value is -1.81. The predicted molar refractivity (Wildman–Crippen MR) is 64.0 cm³/mol. The fraction of sp³-hybridized carbons (Fsp3) is 0.214. The third-order valence-corrected chi connectivity index (χ3v) is 2.66. The van der Waals surface area contributed by atoms with Crippen LogP contribution in [0.4, 0.5) is 8.78 Å². The zero-order valence-corrected chi connectivity index (χ0v) is 9.68. The highest BCUT2D eigenvalue weighted by Gasteiger charge is 2.11. The van der Waals surface area contributed by atoms with E-state index in [0.29, 0.717) is 6.42 Å². The normalized spacial score (nSPS) is 12.4. The zero-order valence-electron chi connectivity index (χ0n) is 9.68. The van der Waals surface area contributed by atoms with E-state index in [9.17, 15) is 13.9 Å². The molecule has 0 saturated heterocycles. The van der Waals surface area contributed by atoms with Gasteiger partial charge in [-0.1, -0.05) is 6.07 Å². The highest BCUT2D eigenvalue weighted by atomic mass is 19.1. The Morgan fingerprint density at radius 3 is 2.72 bits per heavy atom. The molecular formula is C14H13F2NO. The lowest BCUT2D eigenvalue weighted by Gasteiger charge is -2.11. The van der Waals surface area contributed by atoms with Crippen molar-refractivity contribution in [3.63, 3.8) is 0 Å². The molecule has 4 heteroatoms. The minimum atomic E-state index is -0.759. The lowest BCUT2D eigenvalue weighted by molar-refractivity contribution is 0.174. The molecule has 2 rings (SSSR count). The summed E-state index contributed by atoms with van der Waals surface area (Å²) in [6, 6.07) is 6.85. The van der Waals surface area contributed by atoms with Crippen molar-refractivity contribution in [2.75, 3.05) is 0 Å². The average molecular weight is 249 g/mol. The molecule has 1 aromatic carbocycles. The molecule has 0 aliphatic rings. The Kier molecular flexibility index (Phi) is 3.99. The Morgan fingerprint density at radius 2 is 2.00 bits per heavy atom. The van der Waals surface area contributed by atoms with Gasteiger partial charge >= 0.3 is 0 Å².